The molecule has 2 aromatic carbocycles. The molecule has 1 N–H and O–H groups in total. The van der Waals surface area contributed by atoms with E-state index in [9.17, 15) is 0 Å². The molecule has 2 atom stereocenters. The van der Waals surface area contributed by atoms with E-state index >= 15 is 0 Å². The first kappa shape index (κ1) is 15.8. The largest absolute Gasteiger partial charge is 0.340 e. The van der Waals surface area contributed by atoms with Crippen LogP contribution < -0.4 is 10.2 Å². The van der Waals surface area contributed by atoms with Gasteiger partial charge in [0.2, 0.25) is 5.95 Å². The fraction of sp³-hybridized carbons (Fsp3) is 0.364. The first-order valence-corrected chi connectivity index (χ1v) is 9.50. The lowest BCUT2D eigenvalue weighted by Crippen LogP contribution is -2.28. The van der Waals surface area contributed by atoms with Gasteiger partial charge in [0.05, 0.1) is 0 Å². The van der Waals surface area contributed by atoms with E-state index in [1.165, 1.54) is 16.3 Å². The van der Waals surface area contributed by atoms with E-state index in [1.807, 2.05) is 19.3 Å². The van der Waals surface area contributed by atoms with Crippen molar-refractivity contribution in [2.75, 3.05) is 24.5 Å². The zero-order valence-corrected chi connectivity index (χ0v) is 15.1. The van der Waals surface area contributed by atoms with Crippen molar-refractivity contribution >= 4 is 16.7 Å². The topological polar surface area (TPSA) is 41.1 Å². The van der Waals surface area contributed by atoms with Gasteiger partial charge in [-0.3, -0.25) is 0 Å². The minimum Gasteiger partial charge on any atom is -0.340 e. The lowest BCUT2D eigenvalue weighted by atomic mass is 10.1. The van der Waals surface area contributed by atoms with Gasteiger partial charge in [-0.25, -0.2) is 9.97 Å². The Morgan fingerprint density at radius 3 is 2.50 bits per heavy atom. The number of fused-ring (bicyclic) bond motifs is 2. The first-order valence-electron chi connectivity index (χ1n) is 9.50. The molecule has 2 aliphatic rings. The summed E-state index contributed by atoms with van der Waals surface area (Å²) in [5.41, 5.74) is 2.48. The molecule has 132 valence electrons. The normalized spacial score (nSPS) is 24.0. The summed E-state index contributed by atoms with van der Waals surface area (Å²) in [7, 11) is 0. The summed E-state index contributed by atoms with van der Waals surface area (Å²) in [6.07, 6.45) is 3.82. The third-order valence-corrected chi connectivity index (χ3v) is 5.94. The van der Waals surface area contributed by atoms with Gasteiger partial charge in [0.1, 0.15) is 0 Å². The van der Waals surface area contributed by atoms with Crippen LogP contribution in [0.4, 0.5) is 5.95 Å². The van der Waals surface area contributed by atoms with E-state index in [4.69, 9.17) is 0 Å². The molecule has 1 aromatic heterocycles. The van der Waals surface area contributed by atoms with Crippen LogP contribution in [0.2, 0.25) is 0 Å². The number of anilines is 1. The van der Waals surface area contributed by atoms with Gasteiger partial charge >= 0.3 is 0 Å². The molecule has 0 amide bonds. The van der Waals surface area contributed by atoms with Crippen LogP contribution in [-0.2, 0) is 6.54 Å². The minimum absolute atomic E-state index is 0.809. The van der Waals surface area contributed by atoms with Crippen LogP contribution in [0.25, 0.3) is 10.8 Å². The molecule has 2 heterocycles. The van der Waals surface area contributed by atoms with Crippen molar-refractivity contribution in [2.45, 2.75) is 13.5 Å². The Morgan fingerprint density at radius 1 is 1.00 bits per heavy atom. The molecule has 1 saturated heterocycles. The average molecular weight is 344 g/mol. The van der Waals surface area contributed by atoms with Gasteiger partial charge in [0, 0.05) is 32.0 Å². The van der Waals surface area contributed by atoms with E-state index < -0.39 is 0 Å². The van der Waals surface area contributed by atoms with Crippen molar-refractivity contribution in [3.63, 3.8) is 0 Å². The number of piperidine rings is 1. The fourth-order valence-corrected chi connectivity index (χ4v) is 4.40. The van der Waals surface area contributed by atoms with Crippen LogP contribution in [0.15, 0.2) is 54.9 Å². The van der Waals surface area contributed by atoms with E-state index in [-0.39, 0.29) is 0 Å². The summed E-state index contributed by atoms with van der Waals surface area (Å²) in [4.78, 5) is 11.3. The Morgan fingerprint density at radius 2 is 1.73 bits per heavy atom. The highest BCUT2D eigenvalue weighted by atomic mass is 15.3. The quantitative estimate of drug-likeness (QED) is 0.770. The van der Waals surface area contributed by atoms with E-state index in [2.05, 4.69) is 62.6 Å². The molecule has 2 unspecified atom stereocenters. The molecule has 1 aliphatic carbocycles. The third kappa shape index (κ3) is 2.95. The number of rotatable bonds is 5. The van der Waals surface area contributed by atoms with Gasteiger partial charge in [-0.05, 0) is 59.2 Å². The Kier molecular flexibility index (Phi) is 3.86. The van der Waals surface area contributed by atoms with Gasteiger partial charge in [0.25, 0.3) is 0 Å². The van der Waals surface area contributed by atoms with Gasteiger partial charge in [-0.1, -0.05) is 36.4 Å². The summed E-state index contributed by atoms with van der Waals surface area (Å²) in [6.45, 7) is 6.31. The molecule has 4 nitrogen and oxygen atoms in total. The SMILES string of the molecule is Cc1cnc(N2CC3C(CNCc4ccc5ccccc5c4)C3C2)nc1. The number of aromatic nitrogens is 2. The molecular weight excluding hydrogens is 320 g/mol. The fourth-order valence-electron chi connectivity index (χ4n) is 4.40. The number of hydrogen-bond acceptors (Lipinski definition) is 4. The van der Waals surface area contributed by atoms with Crippen molar-refractivity contribution in [3.05, 3.63) is 66.0 Å². The molecule has 0 bridgehead atoms. The standard InChI is InChI=1S/C22H24N4/c1-15-9-24-22(25-10-15)26-13-20-19(21(20)14-26)12-23-11-16-6-7-17-4-2-3-5-18(17)8-16/h2-10,19-21,23H,11-14H2,1H3. The number of aryl methyl sites for hydroxylation is 1. The second-order valence-corrected chi connectivity index (χ2v) is 7.77. The Hall–Kier alpha value is -2.46. The number of nitrogens with zero attached hydrogens (tertiary/aromatic N) is 3. The predicted molar refractivity (Wildman–Crippen MR) is 105 cm³/mol. The highest BCUT2D eigenvalue weighted by Crippen LogP contribution is 2.51. The van der Waals surface area contributed by atoms with Gasteiger partial charge < -0.3 is 10.2 Å². The smallest absolute Gasteiger partial charge is 0.225 e. The van der Waals surface area contributed by atoms with Crippen molar-refractivity contribution in [1.82, 2.24) is 15.3 Å². The van der Waals surface area contributed by atoms with Gasteiger partial charge in [-0.15, -0.1) is 0 Å². The second-order valence-electron chi connectivity index (χ2n) is 7.77. The summed E-state index contributed by atoms with van der Waals surface area (Å²) in [6, 6.07) is 15.3. The highest BCUT2D eigenvalue weighted by molar-refractivity contribution is 5.82. The minimum atomic E-state index is 0.809. The Balaban J connectivity index is 1.12. The molecular formula is C22H24N4. The molecule has 2 fully saturated rings. The summed E-state index contributed by atoms with van der Waals surface area (Å²) < 4.78 is 0. The lowest BCUT2D eigenvalue weighted by Gasteiger charge is -2.19. The van der Waals surface area contributed by atoms with Crippen molar-refractivity contribution in [2.24, 2.45) is 17.8 Å². The molecule has 0 radical (unpaired) electrons. The van der Waals surface area contributed by atoms with Crippen LogP contribution >= 0.6 is 0 Å². The molecule has 4 heteroatoms. The predicted octanol–water partition coefficient (Wildman–Crippen LogP) is 3.41. The highest BCUT2D eigenvalue weighted by Gasteiger charge is 2.55. The average Bonchev–Trinajstić information content (AvgIpc) is 3.11. The van der Waals surface area contributed by atoms with E-state index in [0.29, 0.717) is 0 Å². The monoisotopic (exact) mass is 344 g/mol. The summed E-state index contributed by atoms with van der Waals surface area (Å²) in [5.74, 6) is 3.33. The van der Waals surface area contributed by atoms with Crippen molar-refractivity contribution in [3.8, 4) is 0 Å². The molecule has 1 aliphatic heterocycles. The van der Waals surface area contributed by atoms with E-state index in [1.54, 1.807) is 0 Å². The van der Waals surface area contributed by atoms with Crippen molar-refractivity contribution < 1.29 is 0 Å². The second kappa shape index (κ2) is 6.36. The van der Waals surface area contributed by atoms with Gasteiger partial charge in [-0.2, -0.15) is 0 Å². The third-order valence-electron chi connectivity index (χ3n) is 5.94. The van der Waals surface area contributed by atoms with Crippen LogP contribution in [0.5, 0.6) is 0 Å². The van der Waals surface area contributed by atoms with Crippen LogP contribution in [0.3, 0.4) is 0 Å². The maximum Gasteiger partial charge on any atom is 0.225 e. The molecule has 5 rings (SSSR count). The van der Waals surface area contributed by atoms with Crippen LogP contribution in [-0.4, -0.2) is 29.6 Å². The number of hydrogen-bond donors (Lipinski definition) is 1. The summed E-state index contributed by atoms with van der Waals surface area (Å²) >= 11 is 0. The van der Waals surface area contributed by atoms with Gasteiger partial charge in [0.15, 0.2) is 0 Å². The maximum atomic E-state index is 4.47. The number of nitrogens with one attached hydrogen (secondary N) is 1. The summed E-state index contributed by atoms with van der Waals surface area (Å²) in [5, 5.41) is 6.30. The molecule has 26 heavy (non-hydrogen) atoms. The van der Waals surface area contributed by atoms with Crippen LogP contribution in [0, 0.1) is 24.7 Å². The molecule has 1 saturated carbocycles. The molecule has 0 spiro atoms. The van der Waals surface area contributed by atoms with E-state index in [0.717, 1.165) is 55.4 Å². The molecule has 3 aromatic rings. The zero-order valence-electron chi connectivity index (χ0n) is 15.1. The zero-order chi connectivity index (χ0) is 17.5. The lowest BCUT2D eigenvalue weighted by molar-refractivity contribution is 0.558. The van der Waals surface area contributed by atoms with Crippen molar-refractivity contribution in [1.29, 1.82) is 0 Å². The Labute approximate surface area is 154 Å². The Bertz CT molecular complexity index is 909. The first-order chi connectivity index (χ1) is 12.8. The van der Waals surface area contributed by atoms with Crippen LogP contribution in [0.1, 0.15) is 11.1 Å². The maximum absolute atomic E-state index is 4.47. The number of benzene rings is 2.